The molecule has 0 fully saturated rings. The fourth-order valence-corrected chi connectivity index (χ4v) is 2.06. The molecular weight excluding hydrogens is 245 g/mol. The number of halogens is 1. The van der Waals surface area contributed by atoms with Crippen molar-refractivity contribution < 1.29 is 14.3 Å². The van der Waals surface area contributed by atoms with Crippen molar-refractivity contribution in [3.8, 4) is 0 Å². The lowest BCUT2D eigenvalue weighted by Crippen LogP contribution is -2.19. The van der Waals surface area contributed by atoms with Crippen LogP contribution in [-0.4, -0.2) is 18.1 Å². The molecule has 0 aliphatic carbocycles. The quantitative estimate of drug-likeness (QED) is 0.887. The monoisotopic (exact) mass is 259 g/mol. The third kappa shape index (κ3) is 2.80. The Morgan fingerprint density at radius 3 is 2.58 bits per heavy atom. The molecule has 1 atom stereocenters. The minimum Gasteiger partial charge on any atom is -0.478 e. The first-order valence-corrected chi connectivity index (χ1v) is 5.88. The van der Waals surface area contributed by atoms with E-state index in [0.29, 0.717) is 11.1 Å². The predicted molar refractivity (Wildman–Crippen MR) is 70.7 cm³/mol. The number of hydrogen-bond donors (Lipinski definition) is 2. The SMILES string of the molecule is CNC(c1cccc(C(=O)O)c1)c1ccccc1F. The number of carbonyl (C=O) groups is 1. The Bertz CT molecular complexity index is 598. The maximum Gasteiger partial charge on any atom is 0.335 e. The van der Waals surface area contributed by atoms with E-state index >= 15 is 0 Å². The van der Waals surface area contributed by atoms with Gasteiger partial charge in [-0.3, -0.25) is 0 Å². The van der Waals surface area contributed by atoms with Crippen LogP contribution in [0.3, 0.4) is 0 Å². The molecule has 0 aliphatic rings. The number of aromatic carboxylic acids is 1. The second-order valence-corrected chi connectivity index (χ2v) is 4.17. The van der Waals surface area contributed by atoms with Gasteiger partial charge in [0, 0.05) is 5.56 Å². The van der Waals surface area contributed by atoms with Crippen LogP contribution in [0.1, 0.15) is 27.5 Å². The van der Waals surface area contributed by atoms with Crippen LogP contribution in [0.25, 0.3) is 0 Å². The highest BCUT2D eigenvalue weighted by molar-refractivity contribution is 5.87. The highest BCUT2D eigenvalue weighted by Gasteiger charge is 2.16. The predicted octanol–water partition coefficient (Wildman–Crippen LogP) is 2.83. The van der Waals surface area contributed by atoms with E-state index in [1.165, 1.54) is 12.1 Å². The molecule has 0 saturated carbocycles. The van der Waals surface area contributed by atoms with E-state index in [1.54, 1.807) is 43.4 Å². The Labute approximate surface area is 110 Å². The smallest absolute Gasteiger partial charge is 0.335 e. The van der Waals surface area contributed by atoms with E-state index < -0.39 is 5.97 Å². The summed E-state index contributed by atoms with van der Waals surface area (Å²) in [5.41, 5.74) is 1.40. The van der Waals surface area contributed by atoms with Gasteiger partial charge in [0.05, 0.1) is 11.6 Å². The molecule has 0 radical (unpaired) electrons. The molecule has 0 heterocycles. The summed E-state index contributed by atoms with van der Waals surface area (Å²) in [6.45, 7) is 0. The summed E-state index contributed by atoms with van der Waals surface area (Å²) in [5, 5.41) is 12.0. The Morgan fingerprint density at radius 1 is 1.21 bits per heavy atom. The summed E-state index contributed by atoms with van der Waals surface area (Å²) < 4.78 is 13.8. The van der Waals surface area contributed by atoms with Gasteiger partial charge in [0.2, 0.25) is 0 Å². The van der Waals surface area contributed by atoms with Crippen LogP contribution < -0.4 is 5.32 Å². The summed E-state index contributed by atoms with van der Waals surface area (Å²) in [6, 6.07) is 12.6. The topological polar surface area (TPSA) is 49.3 Å². The minimum absolute atomic E-state index is 0.189. The summed E-state index contributed by atoms with van der Waals surface area (Å²) in [5.74, 6) is -1.31. The Kier molecular flexibility index (Phi) is 3.92. The van der Waals surface area contributed by atoms with Gasteiger partial charge in [0.25, 0.3) is 0 Å². The van der Waals surface area contributed by atoms with Gasteiger partial charge in [-0.15, -0.1) is 0 Å². The van der Waals surface area contributed by atoms with E-state index in [-0.39, 0.29) is 17.4 Å². The molecule has 0 aliphatic heterocycles. The molecule has 19 heavy (non-hydrogen) atoms. The lowest BCUT2D eigenvalue weighted by Gasteiger charge is -2.18. The fraction of sp³-hybridized carbons (Fsp3) is 0.133. The first-order chi connectivity index (χ1) is 9.13. The Morgan fingerprint density at radius 2 is 1.95 bits per heavy atom. The first-order valence-electron chi connectivity index (χ1n) is 5.88. The number of rotatable bonds is 4. The lowest BCUT2D eigenvalue weighted by molar-refractivity contribution is 0.0696. The number of hydrogen-bond acceptors (Lipinski definition) is 2. The zero-order valence-corrected chi connectivity index (χ0v) is 10.4. The van der Waals surface area contributed by atoms with Gasteiger partial charge < -0.3 is 10.4 Å². The van der Waals surface area contributed by atoms with Gasteiger partial charge in [-0.05, 0) is 30.8 Å². The largest absolute Gasteiger partial charge is 0.478 e. The normalized spacial score (nSPS) is 12.1. The molecule has 2 rings (SSSR count). The molecule has 98 valence electrons. The van der Waals surface area contributed by atoms with Gasteiger partial charge in [-0.1, -0.05) is 30.3 Å². The van der Waals surface area contributed by atoms with E-state index in [1.807, 2.05) is 0 Å². The summed E-state index contributed by atoms with van der Waals surface area (Å²) >= 11 is 0. The van der Waals surface area contributed by atoms with Crippen LogP contribution in [0.4, 0.5) is 4.39 Å². The molecule has 2 N–H and O–H groups in total. The van der Waals surface area contributed by atoms with Gasteiger partial charge >= 0.3 is 5.97 Å². The fourth-order valence-electron chi connectivity index (χ4n) is 2.06. The molecule has 0 aromatic heterocycles. The standard InChI is InChI=1S/C15H14FNO2/c1-17-14(12-7-2-3-8-13(12)16)10-5-4-6-11(9-10)15(18)19/h2-9,14,17H,1H3,(H,18,19). The average Bonchev–Trinajstić information content (AvgIpc) is 2.42. The Balaban J connectivity index is 2.45. The van der Waals surface area contributed by atoms with Crippen LogP contribution in [0.15, 0.2) is 48.5 Å². The van der Waals surface area contributed by atoms with Crippen LogP contribution in [-0.2, 0) is 0 Å². The molecule has 3 nitrogen and oxygen atoms in total. The van der Waals surface area contributed by atoms with Crippen molar-refractivity contribution in [1.29, 1.82) is 0 Å². The molecule has 0 bridgehead atoms. The second-order valence-electron chi connectivity index (χ2n) is 4.17. The molecule has 0 saturated heterocycles. The minimum atomic E-state index is -0.995. The highest BCUT2D eigenvalue weighted by Crippen LogP contribution is 2.24. The van der Waals surface area contributed by atoms with Gasteiger partial charge in [0.15, 0.2) is 0 Å². The Hall–Kier alpha value is -2.20. The molecule has 4 heteroatoms. The maximum atomic E-state index is 13.8. The zero-order valence-electron chi connectivity index (χ0n) is 10.4. The van der Waals surface area contributed by atoms with E-state index in [0.717, 1.165) is 0 Å². The summed E-state index contributed by atoms with van der Waals surface area (Å²) in [7, 11) is 1.71. The third-order valence-electron chi connectivity index (χ3n) is 2.97. The van der Waals surface area contributed by atoms with Gasteiger partial charge in [-0.25, -0.2) is 9.18 Å². The molecule has 2 aromatic carbocycles. The highest BCUT2D eigenvalue weighted by atomic mass is 19.1. The number of carboxylic acid groups (broad SMARTS) is 1. The van der Waals surface area contributed by atoms with Crippen molar-refractivity contribution in [2.75, 3.05) is 7.05 Å². The van der Waals surface area contributed by atoms with Crippen LogP contribution >= 0.6 is 0 Å². The number of carboxylic acids is 1. The van der Waals surface area contributed by atoms with Crippen LogP contribution in [0, 0.1) is 5.82 Å². The first kappa shape index (κ1) is 13.2. The summed E-state index contributed by atoms with van der Waals surface area (Å²) in [6.07, 6.45) is 0. The van der Waals surface area contributed by atoms with Crippen molar-refractivity contribution in [3.05, 3.63) is 71.0 Å². The average molecular weight is 259 g/mol. The van der Waals surface area contributed by atoms with E-state index in [2.05, 4.69) is 5.32 Å². The third-order valence-corrected chi connectivity index (χ3v) is 2.97. The number of nitrogens with one attached hydrogen (secondary N) is 1. The zero-order chi connectivity index (χ0) is 13.8. The van der Waals surface area contributed by atoms with Crippen molar-refractivity contribution in [2.24, 2.45) is 0 Å². The summed E-state index contributed by atoms with van der Waals surface area (Å²) in [4.78, 5) is 11.0. The molecular formula is C15H14FNO2. The van der Waals surface area contributed by atoms with Crippen molar-refractivity contribution in [1.82, 2.24) is 5.32 Å². The van der Waals surface area contributed by atoms with Crippen LogP contribution in [0.2, 0.25) is 0 Å². The van der Waals surface area contributed by atoms with Crippen molar-refractivity contribution in [2.45, 2.75) is 6.04 Å². The molecule has 1 unspecified atom stereocenters. The van der Waals surface area contributed by atoms with Gasteiger partial charge in [-0.2, -0.15) is 0 Å². The van der Waals surface area contributed by atoms with Crippen molar-refractivity contribution in [3.63, 3.8) is 0 Å². The second kappa shape index (κ2) is 5.63. The van der Waals surface area contributed by atoms with Crippen LogP contribution in [0.5, 0.6) is 0 Å². The van der Waals surface area contributed by atoms with Gasteiger partial charge in [0.1, 0.15) is 5.82 Å². The van der Waals surface area contributed by atoms with E-state index in [9.17, 15) is 9.18 Å². The molecule has 2 aromatic rings. The number of benzene rings is 2. The van der Waals surface area contributed by atoms with Crippen molar-refractivity contribution >= 4 is 5.97 Å². The lowest BCUT2D eigenvalue weighted by atomic mass is 9.97. The van der Waals surface area contributed by atoms with E-state index in [4.69, 9.17) is 5.11 Å². The molecule has 0 spiro atoms. The molecule has 0 amide bonds. The maximum absolute atomic E-state index is 13.8.